The molecule has 1 aromatic carbocycles. The lowest BCUT2D eigenvalue weighted by atomic mass is 10.0. The summed E-state index contributed by atoms with van der Waals surface area (Å²) in [7, 11) is -3.81. The van der Waals surface area contributed by atoms with Crippen LogP contribution < -0.4 is 10.0 Å². The molecule has 1 aromatic heterocycles. The topological polar surface area (TPSA) is 91.4 Å². The standard InChI is InChI=1S/C21H30N4O3S2/c1-5-25-11-10-17-19(13-25)29-21(22-17)23-20(26)18(12-14(2)3)24-30(27,28)16-8-6-15(4)7-9-16/h6-9,14,18,24H,5,10-13H2,1-4H3,(H,22,23,26). The molecule has 3 rings (SSSR count). The van der Waals surface area contributed by atoms with Gasteiger partial charge in [0.05, 0.1) is 10.6 Å². The van der Waals surface area contributed by atoms with E-state index in [4.69, 9.17) is 0 Å². The maximum Gasteiger partial charge on any atom is 0.244 e. The summed E-state index contributed by atoms with van der Waals surface area (Å²) in [5, 5.41) is 3.38. The van der Waals surface area contributed by atoms with Crippen LogP contribution in [0.4, 0.5) is 5.13 Å². The van der Waals surface area contributed by atoms with Crippen LogP contribution in [0.25, 0.3) is 0 Å². The Hall–Kier alpha value is -1.81. The van der Waals surface area contributed by atoms with Crippen molar-refractivity contribution >= 4 is 32.4 Å². The minimum Gasteiger partial charge on any atom is -0.301 e. The number of likely N-dealkylation sites (N-methyl/N-ethyl adjacent to an activating group) is 1. The van der Waals surface area contributed by atoms with E-state index in [0.717, 1.165) is 37.3 Å². The van der Waals surface area contributed by atoms with E-state index < -0.39 is 16.1 Å². The van der Waals surface area contributed by atoms with Crippen molar-refractivity contribution in [1.82, 2.24) is 14.6 Å². The van der Waals surface area contributed by atoms with Gasteiger partial charge in [0.2, 0.25) is 15.9 Å². The number of amides is 1. The fourth-order valence-electron chi connectivity index (χ4n) is 3.42. The van der Waals surface area contributed by atoms with E-state index in [-0.39, 0.29) is 16.7 Å². The van der Waals surface area contributed by atoms with Gasteiger partial charge in [0.25, 0.3) is 0 Å². The fraction of sp³-hybridized carbons (Fsp3) is 0.524. The summed E-state index contributed by atoms with van der Waals surface area (Å²) in [5.41, 5.74) is 2.00. The van der Waals surface area contributed by atoms with Crippen molar-refractivity contribution in [3.05, 3.63) is 40.4 Å². The Labute approximate surface area is 183 Å². The molecule has 2 aromatic rings. The zero-order chi connectivity index (χ0) is 21.9. The summed E-state index contributed by atoms with van der Waals surface area (Å²) in [6.07, 6.45) is 1.26. The molecule has 9 heteroatoms. The van der Waals surface area contributed by atoms with Crippen LogP contribution in [0.5, 0.6) is 0 Å². The number of nitrogens with one attached hydrogen (secondary N) is 2. The summed E-state index contributed by atoms with van der Waals surface area (Å²) in [6.45, 7) is 10.7. The van der Waals surface area contributed by atoms with Crippen LogP contribution in [0.3, 0.4) is 0 Å². The third-order valence-corrected chi connectivity index (χ3v) is 7.63. The van der Waals surface area contributed by atoms with E-state index in [1.54, 1.807) is 24.3 Å². The molecule has 1 unspecified atom stereocenters. The second kappa shape index (κ2) is 9.55. The Morgan fingerprint density at radius 3 is 2.60 bits per heavy atom. The highest BCUT2D eigenvalue weighted by Gasteiger charge is 2.28. The predicted molar refractivity (Wildman–Crippen MR) is 120 cm³/mol. The largest absolute Gasteiger partial charge is 0.301 e. The summed E-state index contributed by atoms with van der Waals surface area (Å²) in [6, 6.07) is 5.72. The van der Waals surface area contributed by atoms with Crippen LogP contribution in [0, 0.1) is 12.8 Å². The maximum absolute atomic E-state index is 13.0. The number of aryl methyl sites for hydroxylation is 1. The van der Waals surface area contributed by atoms with Gasteiger partial charge in [-0.15, -0.1) is 11.3 Å². The first-order valence-electron chi connectivity index (χ1n) is 10.3. The number of thiazole rings is 1. The molecule has 164 valence electrons. The SMILES string of the molecule is CCN1CCc2nc(NC(=O)C(CC(C)C)NS(=O)(=O)c3ccc(C)cc3)sc2C1. The molecule has 0 spiro atoms. The lowest BCUT2D eigenvalue weighted by Gasteiger charge is -2.23. The third-order valence-electron chi connectivity index (χ3n) is 5.14. The van der Waals surface area contributed by atoms with Crippen molar-refractivity contribution in [1.29, 1.82) is 0 Å². The lowest BCUT2D eigenvalue weighted by molar-refractivity contribution is -0.118. The number of rotatable bonds is 8. The molecule has 0 bridgehead atoms. The fourth-order valence-corrected chi connectivity index (χ4v) is 5.68. The molecule has 2 N–H and O–H groups in total. The smallest absolute Gasteiger partial charge is 0.244 e. The summed E-state index contributed by atoms with van der Waals surface area (Å²) < 4.78 is 28.2. The van der Waals surface area contributed by atoms with Gasteiger partial charge in [0, 0.05) is 24.4 Å². The van der Waals surface area contributed by atoms with Gasteiger partial charge in [-0.3, -0.25) is 9.69 Å². The van der Waals surface area contributed by atoms with E-state index in [2.05, 4.69) is 26.8 Å². The first kappa shape index (κ1) is 22.9. The van der Waals surface area contributed by atoms with Crippen molar-refractivity contribution in [3.63, 3.8) is 0 Å². The Bertz CT molecular complexity index is 984. The zero-order valence-corrected chi connectivity index (χ0v) is 19.6. The first-order valence-corrected chi connectivity index (χ1v) is 12.6. The average Bonchev–Trinajstić information content (AvgIpc) is 3.08. The first-order chi connectivity index (χ1) is 14.2. The number of hydrogen-bond donors (Lipinski definition) is 2. The molecule has 0 saturated heterocycles. The molecule has 2 heterocycles. The van der Waals surface area contributed by atoms with Crippen LogP contribution >= 0.6 is 11.3 Å². The van der Waals surface area contributed by atoms with E-state index in [0.29, 0.717) is 11.6 Å². The van der Waals surface area contributed by atoms with E-state index in [1.165, 1.54) is 16.2 Å². The van der Waals surface area contributed by atoms with Crippen LogP contribution in [0.1, 0.15) is 43.3 Å². The number of sulfonamides is 1. The third kappa shape index (κ3) is 5.66. The highest BCUT2D eigenvalue weighted by molar-refractivity contribution is 7.89. The van der Waals surface area contributed by atoms with Crippen LogP contribution in [-0.4, -0.2) is 43.3 Å². The molecule has 1 atom stereocenters. The molecule has 30 heavy (non-hydrogen) atoms. The average molecular weight is 451 g/mol. The van der Waals surface area contributed by atoms with Gasteiger partial charge in [-0.05, 0) is 37.9 Å². The minimum absolute atomic E-state index is 0.143. The molecule has 0 saturated carbocycles. The van der Waals surface area contributed by atoms with Gasteiger partial charge in [0.1, 0.15) is 6.04 Å². The van der Waals surface area contributed by atoms with Gasteiger partial charge in [-0.2, -0.15) is 4.72 Å². The van der Waals surface area contributed by atoms with Crippen LogP contribution in [-0.2, 0) is 27.8 Å². The second-order valence-electron chi connectivity index (χ2n) is 8.11. The zero-order valence-electron chi connectivity index (χ0n) is 17.9. The Morgan fingerprint density at radius 1 is 1.27 bits per heavy atom. The van der Waals surface area contributed by atoms with Crippen LogP contribution in [0.15, 0.2) is 29.2 Å². The van der Waals surface area contributed by atoms with Crippen LogP contribution in [0.2, 0.25) is 0 Å². The minimum atomic E-state index is -3.81. The molecular formula is C21H30N4O3S2. The molecule has 0 fully saturated rings. The lowest BCUT2D eigenvalue weighted by Crippen LogP contribution is -2.44. The number of anilines is 1. The predicted octanol–water partition coefficient (Wildman–Crippen LogP) is 3.16. The van der Waals surface area contributed by atoms with Gasteiger partial charge in [-0.1, -0.05) is 38.5 Å². The summed E-state index contributed by atoms with van der Waals surface area (Å²) in [5.74, 6) is -0.234. The molecular weight excluding hydrogens is 420 g/mol. The van der Waals surface area contributed by atoms with Crippen molar-refractivity contribution < 1.29 is 13.2 Å². The maximum atomic E-state index is 13.0. The van der Waals surface area contributed by atoms with E-state index >= 15 is 0 Å². The van der Waals surface area contributed by atoms with Crippen molar-refractivity contribution in [2.24, 2.45) is 5.92 Å². The monoisotopic (exact) mass is 450 g/mol. The number of fused-ring (bicyclic) bond motifs is 1. The molecule has 0 aliphatic carbocycles. The molecule has 1 aliphatic heterocycles. The molecule has 1 aliphatic rings. The number of carbonyl (C=O) groups is 1. The quantitative estimate of drug-likeness (QED) is 0.645. The number of nitrogens with zero attached hydrogens (tertiary/aromatic N) is 2. The van der Waals surface area contributed by atoms with Gasteiger partial charge < -0.3 is 5.32 Å². The van der Waals surface area contributed by atoms with Crippen molar-refractivity contribution in [2.45, 2.75) is 58.0 Å². The second-order valence-corrected chi connectivity index (χ2v) is 10.9. The number of benzene rings is 1. The van der Waals surface area contributed by atoms with Gasteiger partial charge in [0.15, 0.2) is 5.13 Å². The number of hydrogen-bond acceptors (Lipinski definition) is 6. The highest BCUT2D eigenvalue weighted by atomic mass is 32.2. The normalized spacial score (nSPS) is 15.8. The number of carbonyl (C=O) groups excluding carboxylic acids is 1. The molecule has 1 amide bonds. The van der Waals surface area contributed by atoms with E-state index in [1.807, 2.05) is 20.8 Å². The van der Waals surface area contributed by atoms with Gasteiger partial charge in [-0.25, -0.2) is 13.4 Å². The molecule has 0 radical (unpaired) electrons. The Morgan fingerprint density at radius 2 is 1.97 bits per heavy atom. The Balaban J connectivity index is 1.74. The Kier molecular flexibility index (Phi) is 7.28. The summed E-state index contributed by atoms with van der Waals surface area (Å²) in [4.78, 5) is 21.2. The highest BCUT2D eigenvalue weighted by Crippen LogP contribution is 2.28. The van der Waals surface area contributed by atoms with Gasteiger partial charge >= 0.3 is 0 Å². The summed E-state index contributed by atoms with van der Waals surface area (Å²) >= 11 is 1.47. The van der Waals surface area contributed by atoms with Crippen molar-refractivity contribution in [2.75, 3.05) is 18.4 Å². The van der Waals surface area contributed by atoms with E-state index in [9.17, 15) is 13.2 Å². The molecule has 7 nitrogen and oxygen atoms in total. The number of aromatic nitrogens is 1. The van der Waals surface area contributed by atoms with Crippen molar-refractivity contribution in [3.8, 4) is 0 Å².